The third-order valence-electron chi connectivity index (χ3n) is 2.10. The Morgan fingerprint density at radius 3 is 2.65 bits per heavy atom. The number of rotatable bonds is 4. The first-order valence-electron chi connectivity index (χ1n) is 4.84. The van der Waals surface area contributed by atoms with E-state index in [9.17, 15) is 14.0 Å². The van der Waals surface area contributed by atoms with Crippen LogP contribution in [0.3, 0.4) is 0 Å². The summed E-state index contributed by atoms with van der Waals surface area (Å²) in [4.78, 5) is 21.7. The second kappa shape index (κ2) is 5.63. The lowest BCUT2D eigenvalue weighted by Crippen LogP contribution is -2.41. The van der Waals surface area contributed by atoms with Gasteiger partial charge in [0.1, 0.15) is 11.9 Å². The molecule has 1 rings (SSSR count). The average molecular weight is 260 g/mol. The van der Waals surface area contributed by atoms with Crippen molar-refractivity contribution in [1.82, 2.24) is 5.32 Å². The van der Waals surface area contributed by atoms with Crippen LogP contribution in [0.4, 0.5) is 4.39 Å². The zero-order chi connectivity index (χ0) is 13.0. The van der Waals surface area contributed by atoms with Crippen LogP contribution in [0.5, 0.6) is 0 Å². The van der Waals surface area contributed by atoms with Crippen molar-refractivity contribution < 1.29 is 19.1 Å². The normalized spacial score (nSPS) is 11.9. The molecule has 0 aromatic heterocycles. The molecule has 0 heterocycles. The number of benzene rings is 1. The minimum absolute atomic E-state index is 0.00298. The molecule has 92 valence electrons. The van der Waals surface area contributed by atoms with Crippen LogP contribution in [0.2, 0.25) is 5.02 Å². The third kappa shape index (κ3) is 4.03. The first-order valence-corrected chi connectivity index (χ1v) is 5.21. The van der Waals surface area contributed by atoms with E-state index in [4.69, 9.17) is 16.7 Å². The van der Waals surface area contributed by atoms with E-state index in [1.165, 1.54) is 19.1 Å². The lowest BCUT2D eigenvalue weighted by atomic mass is 10.1. The number of amides is 1. The number of hydrogen-bond donors (Lipinski definition) is 2. The minimum Gasteiger partial charge on any atom is -0.480 e. The van der Waals surface area contributed by atoms with Gasteiger partial charge in [-0.15, -0.1) is 0 Å². The molecule has 0 saturated carbocycles. The molecule has 1 atom stereocenters. The van der Waals surface area contributed by atoms with Crippen LogP contribution in [0, 0.1) is 5.82 Å². The highest BCUT2D eigenvalue weighted by atomic mass is 35.5. The number of hydrogen-bond acceptors (Lipinski definition) is 2. The maximum Gasteiger partial charge on any atom is 0.326 e. The Morgan fingerprint density at radius 2 is 2.18 bits per heavy atom. The van der Waals surface area contributed by atoms with Crippen LogP contribution >= 0.6 is 11.6 Å². The molecule has 0 radical (unpaired) electrons. The van der Waals surface area contributed by atoms with E-state index in [0.717, 1.165) is 6.07 Å². The summed E-state index contributed by atoms with van der Waals surface area (Å²) in [6.07, 6.45) is 0.00298. The molecule has 6 heteroatoms. The molecular formula is C11H11ClFNO3. The van der Waals surface area contributed by atoms with Gasteiger partial charge in [0.2, 0.25) is 5.91 Å². The van der Waals surface area contributed by atoms with E-state index in [2.05, 4.69) is 5.32 Å². The zero-order valence-electron chi connectivity index (χ0n) is 9.04. The van der Waals surface area contributed by atoms with E-state index in [1.807, 2.05) is 0 Å². The second-order valence-corrected chi connectivity index (χ2v) is 3.95. The predicted molar refractivity (Wildman–Crippen MR) is 60.4 cm³/mol. The van der Waals surface area contributed by atoms with Gasteiger partial charge in [-0.3, -0.25) is 4.79 Å². The third-order valence-corrected chi connectivity index (χ3v) is 2.41. The Bertz CT molecular complexity index is 450. The second-order valence-electron chi connectivity index (χ2n) is 3.54. The minimum atomic E-state index is -1.17. The van der Waals surface area contributed by atoms with Gasteiger partial charge in [0.25, 0.3) is 0 Å². The van der Waals surface area contributed by atoms with Gasteiger partial charge in [0, 0.05) is 13.3 Å². The van der Waals surface area contributed by atoms with E-state index in [-0.39, 0.29) is 11.4 Å². The number of nitrogens with one attached hydrogen (secondary N) is 1. The van der Waals surface area contributed by atoms with Gasteiger partial charge in [0.05, 0.1) is 5.02 Å². The molecule has 0 saturated heterocycles. The predicted octanol–water partition coefficient (Wildman–Crippen LogP) is 1.61. The van der Waals surface area contributed by atoms with E-state index >= 15 is 0 Å². The van der Waals surface area contributed by atoms with E-state index in [1.54, 1.807) is 0 Å². The fraction of sp³-hybridized carbons (Fsp3) is 0.273. The summed E-state index contributed by atoms with van der Waals surface area (Å²) in [6.45, 7) is 1.22. The molecule has 0 spiro atoms. The van der Waals surface area contributed by atoms with Crippen molar-refractivity contribution in [2.24, 2.45) is 0 Å². The lowest BCUT2D eigenvalue weighted by Gasteiger charge is -2.13. The standard InChI is InChI=1S/C11H11ClFNO3/c1-6(15)14-10(11(16)17)5-7-2-3-8(12)9(13)4-7/h2-4,10H,5H2,1H3,(H,14,15)(H,16,17)/t10-/m1/s1. The molecule has 0 bridgehead atoms. The van der Waals surface area contributed by atoms with Crippen molar-refractivity contribution in [1.29, 1.82) is 0 Å². The van der Waals surface area contributed by atoms with Crippen LogP contribution in [-0.2, 0) is 16.0 Å². The average Bonchev–Trinajstić information content (AvgIpc) is 2.21. The van der Waals surface area contributed by atoms with Gasteiger partial charge in [-0.2, -0.15) is 0 Å². The fourth-order valence-electron chi connectivity index (χ4n) is 1.35. The summed E-state index contributed by atoms with van der Waals surface area (Å²) in [6, 6.07) is 2.94. The largest absolute Gasteiger partial charge is 0.480 e. The molecule has 4 nitrogen and oxygen atoms in total. The molecule has 17 heavy (non-hydrogen) atoms. The monoisotopic (exact) mass is 259 g/mol. The van der Waals surface area contributed by atoms with Crippen LogP contribution in [0.25, 0.3) is 0 Å². The number of carbonyl (C=O) groups is 2. The maximum atomic E-state index is 13.1. The van der Waals surface area contributed by atoms with E-state index in [0.29, 0.717) is 5.56 Å². The molecule has 1 aromatic carbocycles. The van der Waals surface area contributed by atoms with E-state index < -0.39 is 23.7 Å². The molecule has 0 aliphatic rings. The molecule has 0 unspecified atom stereocenters. The summed E-state index contributed by atoms with van der Waals surface area (Å²) < 4.78 is 13.1. The first-order chi connectivity index (χ1) is 7.90. The number of halogens is 2. The molecule has 2 N–H and O–H groups in total. The topological polar surface area (TPSA) is 66.4 Å². The Morgan fingerprint density at radius 1 is 1.53 bits per heavy atom. The van der Waals surface area contributed by atoms with Crippen molar-refractivity contribution in [2.45, 2.75) is 19.4 Å². The molecule has 1 aromatic rings. The van der Waals surface area contributed by atoms with Crippen molar-refractivity contribution >= 4 is 23.5 Å². The number of aliphatic carboxylic acids is 1. The summed E-state index contributed by atoms with van der Waals surface area (Å²) in [7, 11) is 0. The molecule has 0 aliphatic carbocycles. The number of carboxylic acids is 1. The maximum absolute atomic E-state index is 13.1. The molecular weight excluding hydrogens is 249 g/mol. The lowest BCUT2D eigenvalue weighted by molar-refractivity contribution is -0.141. The molecule has 0 aliphatic heterocycles. The van der Waals surface area contributed by atoms with Gasteiger partial charge < -0.3 is 10.4 Å². The van der Waals surface area contributed by atoms with Gasteiger partial charge in [-0.1, -0.05) is 17.7 Å². The highest BCUT2D eigenvalue weighted by Crippen LogP contribution is 2.16. The van der Waals surface area contributed by atoms with Crippen LogP contribution in [0.15, 0.2) is 18.2 Å². The molecule has 0 fully saturated rings. The highest BCUT2D eigenvalue weighted by Gasteiger charge is 2.19. The SMILES string of the molecule is CC(=O)N[C@H](Cc1ccc(Cl)c(F)c1)C(=O)O. The summed E-state index contributed by atoms with van der Waals surface area (Å²) in [5.74, 6) is -2.24. The van der Waals surface area contributed by atoms with Gasteiger partial charge in [-0.25, -0.2) is 9.18 Å². The van der Waals surface area contributed by atoms with Crippen molar-refractivity contribution in [2.75, 3.05) is 0 Å². The molecule has 1 amide bonds. The Labute approximate surface area is 102 Å². The summed E-state index contributed by atoms with van der Waals surface area (Å²) in [5, 5.41) is 11.1. The van der Waals surface area contributed by atoms with Crippen molar-refractivity contribution in [3.8, 4) is 0 Å². The quantitative estimate of drug-likeness (QED) is 0.863. The summed E-state index contributed by atoms with van der Waals surface area (Å²) >= 11 is 5.50. The highest BCUT2D eigenvalue weighted by molar-refractivity contribution is 6.30. The Hall–Kier alpha value is -1.62. The van der Waals surface area contributed by atoms with Crippen molar-refractivity contribution in [3.63, 3.8) is 0 Å². The van der Waals surface area contributed by atoms with Crippen LogP contribution in [-0.4, -0.2) is 23.0 Å². The van der Waals surface area contributed by atoms with Gasteiger partial charge in [-0.05, 0) is 17.7 Å². The smallest absolute Gasteiger partial charge is 0.326 e. The number of carboxylic acid groups (broad SMARTS) is 1. The zero-order valence-corrected chi connectivity index (χ0v) is 9.79. The fourth-order valence-corrected chi connectivity index (χ4v) is 1.47. The van der Waals surface area contributed by atoms with Crippen molar-refractivity contribution in [3.05, 3.63) is 34.6 Å². The van der Waals surface area contributed by atoms with Gasteiger partial charge >= 0.3 is 5.97 Å². The van der Waals surface area contributed by atoms with Crippen LogP contribution in [0.1, 0.15) is 12.5 Å². The Balaban J connectivity index is 2.82. The van der Waals surface area contributed by atoms with Crippen LogP contribution < -0.4 is 5.32 Å². The first kappa shape index (κ1) is 13.4. The number of carbonyl (C=O) groups excluding carboxylic acids is 1. The summed E-state index contributed by atoms with van der Waals surface area (Å²) in [5.41, 5.74) is 0.452. The Kier molecular flexibility index (Phi) is 4.45. The van der Waals surface area contributed by atoms with Gasteiger partial charge in [0.15, 0.2) is 0 Å².